The number of aromatic carboxylic acids is 1. The molecule has 24 heavy (non-hydrogen) atoms. The van der Waals surface area contributed by atoms with Gasteiger partial charge in [0.15, 0.2) is 0 Å². The van der Waals surface area contributed by atoms with Crippen LogP contribution in [0.1, 0.15) is 36.0 Å². The predicted octanol–water partition coefficient (Wildman–Crippen LogP) is 1.44. The Morgan fingerprint density at radius 2 is 2.04 bits per heavy atom. The van der Waals surface area contributed by atoms with Gasteiger partial charge in [-0.1, -0.05) is 0 Å². The lowest BCUT2D eigenvalue weighted by atomic mass is 10.2. The minimum Gasteiger partial charge on any atom is -0.478 e. The van der Waals surface area contributed by atoms with Gasteiger partial charge in [0, 0.05) is 26.2 Å². The maximum atomic E-state index is 12.8. The zero-order valence-corrected chi connectivity index (χ0v) is 14.2. The summed E-state index contributed by atoms with van der Waals surface area (Å²) in [5.74, 6) is -1.14. The Kier molecular flexibility index (Phi) is 5.07. The van der Waals surface area contributed by atoms with Gasteiger partial charge in [0.1, 0.15) is 4.90 Å². The number of nitrogens with zero attached hydrogens (tertiary/aromatic N) is 1. The molecule has 7 nitrogen and oxygen atoms in total. The lowest BCUT2D eigenvalue weighted by molar-refractivity contribution is 0.0696. The van der Waals surface area contributed by atoms with Gasteiger partial charge in [0.2, 0.25) is 10.0 Å². The van der Waals surface area contributed by atoms with E-state index in [-0.39, 0.29) is 23.1 Å². The molecular weight excluding hydrogens is 332 g/mol. The highest BCUT2D eigenvalue weighted by atomic mass is 32.2. The first-order chi connectivity index (χ1) is 11.5. The van der Waals surface area contributed by atoms with Gasteiger partial charge in [-0.2, -0.15) is 0 Å². The normalized spacial score (nSPS) is 21.3. The zero-order valence-electron chi connectivity index (χ0n) is 13.4. The van der Waals surface area contributed by atoms with E-state index in [1.165, 1.54) is 12.1 Å². The summed E-state index contributed by atoms with van der Waals surface area (Å²) >= 11 is 0. The van der Waals surface area contributed by atoms with Crippen molar-refractivity contribution >= 4 is 21.7 Å². The number of ether oxygens (including phenoxy) is 1. The number of carbonyl (C=O) groups is 1. The SMILES string of the molecule is O=C(O)c1ccc(N2CCCC2)c(S(=O)(=O)NC[C@@H]2CCCO2)c1. The molecule has 0 spiro atoms. The minimum atomic E-state index is -3.81. The van der Waals surface area contributed by atoms with E-state index in [2.05, 4.69) is 4.72 Å². The summed E-state index contributed by atoms with van der Waals surface area (Å²) in [6.07, 6.45) is 3.65. The van der Waals surface area contributed by atoms with Gasteiger partial charge >= 0.3 is 5.97 Å². The van der Waals surface area contributed by atoms with Crippen molar-refractivity contribution in [2.24, 2.45) is 0 Å². The third kappa shape index (κ3) is 3.71. The van der Waals surface area contributed by atoms with Gasteiger partial charge in [0.25, 0.3) is 0 Å². The Bertz CT molecular complexity index is 707. The van der Waals surface area contributed by atoms with Gasteiger partial charge in [0.05, 0.1) is 17.4 Å². The van der Waals surface area contributed by atoms with Crippen LogP contribution < -0.4 is 9.62 Å². The van der Waals surface area contributed by atoms with Crippen molar-refractivity contribution in [3.8, 4) is 0 Å². The molecule has 2 fully saturated rings. The minimum absolute atomic E-state index is 0.0299. The fourth-order valence-electron chi connectivity index (χ4n) is 3.17. The Balaban J connectivity index is 1.89. The molecule has 1 atom stereocenters. The number of rotatable bonds is 6. The second kappa shape index (κ2) is 7.08. The first kappa shape index (κ1) is 17.2. The van der Waals surface area contributed by atoms with Crippen LogP contribution in [0.25, 0.3) is 0 Å². The zero-order chi connectivity index (χ0) is 17.2. The van der Waals surface area contributed by atoms with Crippen LogP contribution in [0, 0.1) is 0 Å². The highest BCUT2D eigenvalue weighted by Gasteiger charge is 2.26. The highest BCUT2D eigenvalue weighted by Crippen LogP contribution is 2.29. The molecule has 2 aliphatic rings. The lowest BCUT2D eigenvalue weighted by Crippen LogP contribution is -2.33. The van der Waals surface area contributed by atoms with Gasteiger partial charge < -0.3 is 14.7 Å². The summed E-state index contributed by atoms with van der Waals surface area (Å²) in [5, 5.41) is 9.18. The van der Waals surface area contributed by atoms with Crippen molar-refractivity contribution in [1.29, 1.82) is 0 Å². The van der Waals surface area contributed by atoms with Gasteiger partial charge in [-0.05, 0) is 43.9 Å². The number of anilines is 1. The third-order valence-electron chi connectivity index (χ3n) is 4.47. The number of sulfonamides is 1. The molecule has 2 aliphatic heterocycles. The average Bonchev–Trinajstić information content (AvgIpc) is 3.26. The summed E-state index contributed by atoms with van der Waals surface area (Å²) in [6, 6.07) is 4.29. The Morgan fingerprint density at radius 3 is 2.67 bits per heavy atom. The van der Waals surface area contributed by atoms with E-state index in [0.717, 1.165) is 38.8 Å². The summed E-state index contributed by atoms with van der Waals surface area (Å²) in [6.45, 7) is 2.42. The number of hydrogen-bond acceptors (Lipinski definition) is 5. The standard InChI is InChI=1S/C16H22N2O5S/c19-16(20)12-5-6-14(18-7-1-2-8-18)15(10-12)24(21,22)17-11-13-4-3-9-23-13/h5-6,10,13,17H,1-4,7-9,11H2,(H,19,20)/t13-/m0/s1. The van der Waals surface area contributed by atoms with E-state index in [1.807, 2.05) is 4.90 Å². The summed E-state index contributed by atoms with van der Waals surface area (Å²) in [5.41, 5.74) is 0.535. The summed E-state index contributed by atoms with van der Waals surface area (Å²) < 4.78 is 33.5. The predicted molar refractivity (Wildman–Crippen MR) is 89.0 cm³/mol. The van der Waals surface area contributed by atoms with Crippen LogP contribution in [0.3, 0.4) is 0 Å². The second-order valence-electron chi connectivity index (χ2n) is 6.17. The van der Waals surface area contributed by atoms with Crippen LogP contribution in [0.2, 0.25) is 0 Å². The monoisotopic (exact) mass is 354 g/mol. The molecule has 1 aromatic carbocycles. The van der Waals surface area contributed by atoms with Crippen molar-refractivity contribution in [3.05, 3.63) is 23.8 Å². The molecule has 0 unspecified atom stereocenters. The summed E-state index contributed by atoms with van der Waals surface area (Å²) in [4.78, 5) is 13.3. The van der Waals surface area contributed by atoms with Crippen LogP contribution in [0.4, 0.5) is 5.69 Å². The fourth-order valence-corrected chi connectivity index (χ4v) is 4.48. The molecule has 8 heteroatoms. The first-order valence-corrected chi connectivity index (χ1v) is 9.69. The van der Waals surface area contributed by atoms with Crippen molar-refractivity contribution in [2.45, 2.75) is 36.7 Å². The fraction of sp³-hybridized carbons (Fsp3) is 0.562. The van der Waals surface area contributed by atoms with Crippen LogP contribution in [-0.2, 0) is 14.8 Å². The molecule has 2 saturated heterocycles. The van der Waals surface area contributed by atoms with Crippen LogP contribution in [0.5, 0.6) is 0 Å². The lowest BCUT2D eigenvalue weighted by Gasteiger charge is -2.22. The van der Waals surface area contributed by atoms with Crippen molar-refractivity contribution in [3.63, 3.8) is 0 Å². The van der Waals surface area contributed by atoms with E-state index >= 15 is 0 Å². The molecular formula is C16H22N2O5S. The molecule has 3 rings (SSSR count). The number of hydrogen-bond donors (Lipinski definition) is 2. The molecule has 2 heterocycles. The Hall–Kier alpha value is -1.64. The van der Waals surface area contributed by atoms with Crippen LogP contribution >= 0.6 is 0 Å². The molecule has 0 aliphatic carbocycles. The van der Waals surface area contributed by atoms with Gasteiger partial charge in [-0.25, -0.2) is 17.9 Å². The Labute approximate surface area is 141 Å². The molecule has 0 saturated carbocycles. The van der Waals surface area contributed by atoms with Crippen molar-refractivity contribution in [1.82, 2.24) is 4.72 Å². The smallest absolute Gasteiger partial charge is 0.335 e. The molecule has 2 N–H and O–H groups in total. The second-order valence-corrected chi connectivity index (χ2v) is 7.90. The quantitative estimate of drug-likeness (QED) is 0.803. The first-order valence-electron chi connectivity index (χ1n) is 8.21. The summed E-state index contributed by atoms with van der Waals surface area (Å²) in [7, 11) is -3.81. The third-order valence-corrected chi connectivity index (χ3v) is 5.92. The molecule has 0 aromatic heterocycles. The van der Waals surface area contributed by atoms with E-state index < -0.39 is 16.0 Å². The van der Waals surface area contributed by atoms with E-state index in [9.17, 15) is 18.3 Å². The highest BCUT2D eigenvalue weighted by molar-refractivity contribution is 7.89. The number of carboxylic acids is 1. The maximum absolute atomic E-state index is 12.8. The van der Waals surface area contributed by atoms with Gasteiger partial charge in [-0.15, -0.1) is 0 Å². The van der Waals surface area contributed by atoms with Crippen molar-refractivity contribution < 1.29 is 23.1 Å². The Morgan fingerprint density at radius 1 is 1.29 bits per heavy atom. The maximum Gasteiger partial charge on any atom is 0.335 e. The van der Waals surface area contributed by atoms with E-state index in [1.54, 1.807) is 6.07 Å². The van der Waals surface area contributed by atoms with E-state index in [4.69, 9.17) is 4.74 Å². The molecule has 0 radical (unpaired) electrons. The number of nitrogens with one attached hydrogen (secondary N) is 1. The van der Waals surface area contributed by atoms with Crippen LogP contribution in [-0.4, -0.2) is 51.8 Å². The number of carboxylic acid groups (broad SMARTS) is 1. The largest absolute Gasteiger partial charge is 0.478 e. The molecule has 0 bridgehead atoms. The molecule has 0 amide bonds. The van der Waals surface area contributed by atoms with Crippen LogP contribution in [0.15, 0.2) is 23.1 Å². The average molecular weight is 354 g/mol. The number of benzene rings is 1. The van der Waals surface area contributed by atoms with Crippen molar-refractivity contribution in [2.75, 3.05) is 31.1 Å². The molecule has 132 valence electrons. The molecule has 1 aromatic rings. The van der Waals surface area contributed by atoms with Gasteiger partial charge in [-0.3, -0.25) is 0 Å². The van der Waals surface area contributed by atoms with E-state index in [0.29, 0.717) is 12.3 Å². The topological polar surface area (TPSA) is 95.9 Å².